The number of aliphatic hydroxyl groups excluding tert-OH is 1. The number of aliphatic hydroxyl groups is 1. The minimum Gasteiger partial charge on any atom is -0.415 e. The lowest BCUT2D eigenvalue weighted by Gasteiger charge is -2.00. The van der Waals surface area contributed by atoms with Gasteiger partial charge in [0.05, 0.1) is 13.2 Å². The molecule has 0 unspecified atom stereocenters. The molecule has 0 amide bonds. The average Bonchev–Trinajstić information content (AvgIpc) is 2.85. The van der Waals surface area contributed by atoms with Crippen molar-refractivity contribution >= 4 is 11.8 Å². The predicted molar refractivity (Wildman–Crippen MR) is 64.1 cm³/mol. The van der Waals surface area contributed by atoms with E-state index in [1.54, 1.807) is 0 Å². The second-order valence-electron chi connectivity index (χ2n) is 3.43. The van der Waals surface area contributed by atoms with Gasteiger partial charge in [0.1, 0.15) is 0 Å². The van der Waals surface area contributed by atoms with Crippen LogP contribution >= 0.6 is 11.8 Å². The summed E-state index contributed by atoms with van der Waals surface area (Å²) in [5, 5.41) is 17.1. The van der Waals surface area contributed by atoms with Crippen molar-refractivity contribution in [3.8, 4) is 0 Å². The Balaban J connectivity index is 1.92. The highest BCUT2D eigenvalue weighted by molar-refractivity contribution is 7.98. The van der Waals surface area contributed by atoms with Gasteiger partial charge < -0.3 is 15.3 Å². The third-order valence-electron chi connectivity index (χ3n) is 2.19. The summed E-state index contributed by atoms with van der Waals surface area (Å²) in [5.41, 5.74) is 7.42. The van der Waals surface area contributed by atoms with Crippen molar-refractivity contribution in [1.29, 1.82) is 0 Å². The fraction of sp³-hybridized carbons (Fsp3) is 0.273. The molecule has 0 saturated heterocycles. The van der Waals surface area contributed by atoms with Crippen LogP contribution in [-0.4, -0.2) is 15.3 Å². The summed E-state index contributed by atoms with van der Waals surface area (Å²) in [5.74, 6) is 1.20. The highest BCUT2D eigenvalue weighted by Crippen LogP contribution is 2.21. The van der Waals surface area contributed by atoms with Gasteiger partial charge in [0, 0.05) is 5.75 Å². The Morgan fingerprint density at radius 2 is 1.88 bits per heavy atom. The van der Waals surface area contributed by atoms with Gasteiger partial charge >= 0.3 is 0 Å². The summed E-state index contributed by atoms with van der Waals surface area (Å²) >= 11 is 1.46. The van der Waals surface area contributed by atoms with E-state index in [-0.39, 0.29) is 13.2 Å². The highest BCUT2D eigenvalue weighted by Gasteiger charge is 2.05. The van der Waals surface area contributed by atoms with Crippen molar-refractivity contribution < 1.29 is 9.52 Å². The second-order valence-corrected chi connectivity index (χ2v) is 4.36. The smallest absolute Gasteiger partial charge is 0.276 e. The molecule has 0 spiro atoms. The van der Waals surface area contributed by atoms with Crippen molar-refractivity contribution in [2.75, 3.05) is 0 Å². The van der Waals surface area contributed by atoms with Crippen LogP contribution in [0.3, 0.4) is 0 Å². The molecule has 0 radical (unpaired) electrons. The number of nitrogens with zero attached hydrogens (tertiary/aromatic N) is 2. The number of benzene rings is 1. The molecular formula is C11H13N3O2S. The quantitative estimate of drug-likeness (QED) is 0.779. The molecule has 6 heteroatoms. The first-order valence-electron chi connectivity index (χ1n) is 5.15. The fourth-order valence-electron chi connectivity index (χ4n) is 1.26. The number of aromatic nitrogens is 2. The molecule has 0 atom stereocenters. The van der Waals surface area contributed by atoms with Gasteiger partial charge in [-0.1, -0.05) is 36.0 Å². The summed E-state index contributed by atoms with van der Waals surface area (Å²) in [6.07, 6.45) is 0. The zero-order valence-corrected chi connectivity index (χ0v) is 9.98. The molecule has 90 valence electrons. The minimum atomic E-state index is 0.0664. The molecule has 5 nitrogen and oxygen atoms in total. The lowest BCUT2D eigenvalue weighted by Crippen LogP contribution is -1.95. The molecular weight excluding hydrogens is 238 g/mol. The van der Waals surface area contributed by atoms with Crippen molar-refractivity contribution in [2.45, 2.75) is 24.1 Å². The van der Waals surface area contributed by atoms with Crippen molar-refractivity contribution in [2.24, 2.45) is 5.73 Å². The third-order valence-corrected chi connectivity index (χ3v) is 3.08. The molecule has 1 aromatic heterocycles. The van der Waals surface area contributed by atoms with Crippen LogP contribution in [0.15, 0.2) is 33.9 Å². The standard InChI is InChI=1S/C11H13N3O2S/c12-5-10-13-14-11(16-10)17-7-9-3-1-8(6-15)2-4-9/h1-4,15H,5-7,12H2. The normalized spacial score (nSPS) is 10.7. The van der Waals surface area contributed by atoms with E-state index in [0.29, 0.717) is 11.1 Å². The number of nitrogens with two attached hydrogens (primary N) is 1. The Morgan fingerprint density at radius 3 is 2.47 bits per heavy atom. The van der Waals surface area contributed by atoms with Gasteiger partial charge in [0.25, 0.3) is 5.22 Å². The van der Waals surface area contributed by atoms with Gasteiger partial charge in [-0.25, -0.2) is 0 Å². The molecule has 17 heavy (non-hydrogen) atoms. The van der Waals surface area contributed by atoms with Crippen molar-refractivity contribution in [3.05, 3.63) is 41.3 Å². The summed E-state index contributed by atoms with van der Waals surface area (Å²) in [4.78, 5) is 0. The van der Waals surface area contributed by atoms with E-state index >= 15 is 0 Å². The van der Waals surface area contributed by atoms with E-state index in [2.05, 4.69) is 10.2 Å². The Bertz CT molecular complexity index is 470. The maximum Gasteiger partial charge on any atom is 0.276 e. The maximum absolute atomic E-state index is 8.92. The van der Waals surface area contributed by atoms with E-state index in [0.717, 1.165) is 16.9 Å². The van der Waals surface area contributed by atoms with Crippen LogP contribution < -0.4 is 5.73 Å². The van der Waals surface area contributed by atoms with Crippen molar-refractivity contribution in [1.82, 2.24) is 10.2 Å². The highest BCUT2D eigenvalue weighted by atomic mass is 32.2. The maximum atomic E-state index is 8.92. The second kappa shape index (κ2) is 5.81. The summed E-state index contributed by atoms with van der Waals surface area (Å²) in [7, 11) is 0. The zero-order chi connectivity index (χ0) is 12.1. The van der Waals surface area contributed by atoms with Crippen LogP contribution in [0.25, 0.3) is 0 Å². The van der Waals surface area contributed by atoms with E-state index in [4.69, 9.17) is 15.3 Å². The summed E-state index contributed by atoms with van der Waals surface area (Å²) in [6, 6.07) is 7.74. The van der Waals surface area contributed by atoms with Crippen LogP contribution in [-0.2, 0) is 18.9 Å². The number of rotatable bonds is 5. The van der Waals surface area contributed by atoms with Crippen LogP contribution in [0, 0.1) is 0 Å². The molecule has 1 aromatic carbocycles. The molecule has 3 N–H and O–H groups in total. The Kier molecular flexibility index (Phi) is 4.13. The minimum absolute atomic E-state index is 0.0664. The molecule has 1 heterocycles. The molecule has 0 aliphatic carbocycles. The average molecular weight is 251 g/mol. The van der Waals surface area contributed by atoms with E-state index in [1.165, 1.54) is 11.8 Å². The first-order chi connectivity index (χ1) is 8.31. The van der Waals surface area contributed by atoms with Crippen LogP contribution in [0.2, 0.25) is 0 Å². The van der Waals surface area contributed by atoms with E-state index in [1.807, 2.05) is 24.3 Å². The lowest BCUT2D eigenvalue weighted by atomic mass is 10.2. The molecule has 0 saturated carbocycles. The Labute approximate surface area is 103 Å². The first kappa shape index (κ1) is 12.1. The summed E-state index contributed by atoms with van der Waals surface area (Å²) < 4.78 is 5.28. The summed E-state index contributed by atoms with van der Waals surface area (Å²) in [6.45, 7) is 0.329. The largest absolute Gasteiger partial charge is 0.415 e. The first-order valence-corrected chi connectivity index (χ1v) is 6.14. The van der Waals surface area contributed by atoms with Gasteiger partial charge in [-0.3, -0.25) is 0 Å². The number of hydrogen-bond acceptors (Lipinski definition) is 6. The Hall–Kier alpha value is -1.37. The lowest BCUT2D eigenvalue weighted by molar-refractivity contribution is 0.282. The van der Waals surface area contributed by atoms with Gasteiger partial charge in [-0.2, -0.15) is 0 Å². The molecule has 0 aliphatic heterocycles. The molecule has 2 aromatic rings. The van der Waals surface area contributed by atoms with Crippen LogP contribution in [0.1, 0.15) is 17.0 Å². The fourth-order valence-corrected chi connectivity index (χ4v) is 2.00. The number of thioether (sulfide) groups is 1. The predicted octanol–water partition coefficient (Wildman–Crippen LogP) is 1.31. The van der Waals surface area contributed by atoms with E-state index < -0.39 is 0 Å². The van der Waals surface area contributed by atoms with E-state index in [9.17, 15) is 0 Å². The molecule has 2 rings (SSSR count). The molecule has 0 aliphatic rings. The third kappa shape index (κ3) is 3.29. The topological polar surface area (TPSA) is 85.2 Å². The van der Waals surface area contributed by atoms with Crippen LogP contribution in [0.4, 0.5) is 0 Å². The van der Waals surface area contributed by atoms with Gasteiger partial charge in [-0.15, -0.1) is 10.2 Å². The monoisotopic (exact) mass is 251 g/mol. The van der Waals surface area contributed by atoms with Gasteiger partial charge in [0.15, 0.2) is 0 Å². The van der Waals surface area contributed by atoms with Gasteiger partial charge in [0.2, 0.25) is 5.89 Å². The Morgan fingerprint density at radius 1 is 1.18 bits per heavy atom. The SMILES string of the molecule is NCc1nnc(SCc2ccc(CO)cc2)o1. The van der Waals surface area contributed by atoms with Crippen LogP contribution in [0.5, 0.6) is 0 Å². The molecule has 0 fully saturated rings. The van der Waals surface area contributed by atoms with Crippen molar-refractivity contribution in [3.63, 3.8) is 0 Å². The zero-order valence-electron chi connectivity index (χ0n) is 9.17. The molecule has 0 bridgehead atoms. The number of hydrogen-bond donors (Lipinski definition) is 2. The van der Waals surface area contributed by atoms with Gasteiger partial charge in [-0.05, 0) is 11.1 Å².